The maximum absolute atomic E-state index is 5.87. The SMILES string of the molecule is CCOC1C(N)CC1OCC1CCCCO1. The van der Waals surface area contributed by atoms with Crippen LogP contribution in [-0.4, -0.2) is 44.2 Å². The molecule has 2 aliphatic rings. The van der Waals surface area contributed by atoms with Crippen molar-refractivity contribution in [3.05, 3.63) is 0 Å². The van der Waals surface area contributed by atoms with Gasteiger partial charge in [0.1, 0.15) is 0 Å². The number of nitrogens with two attached hydrogens (primary N) is 1. The molecule has 4 heteroatoms. The third kappa shape index (κ3) is 2.94. The Bertz CT molecular complexity index is 206. The van der Waals surface area contributed by atoms with Gasteiger partial charge in [0.25, 0.3) is 0 Å². The van der Waals surface area contributed by atoms with Gasteiger partial charge in [0.15, 0.2) is 0 Å². The van der Waals surface area contributed by atoms with Gasteiger partial charge in [0, 0.05) is 19.3 Å². The highest BCUT2D eigenvalue weighted by Gasteiger charge is 2.40. The van der Waals surface area contributed by atoms with Crippen molar-refractivity contribution in [2.75, 3.05) is 19.8 Å². The van der Waals surface area contributed by atoms with E-state index in [-0.39, 0.29) is 24.4 Å². The van der Waals surface area contributed by atoms with Crippen LogP contribution in [0.25, 0.3) is 0 Å². The fourth-order valence-electron chi connectivity index (χ4n) is 2.37. The molecule has 0 aromatic carbocycles. The smallest absolute Gasteiger partial charge is 0.0988 e. The first kappa shape index (κ1) is 12.3. The fourth-order valence-corrected chi connectivity index (χ4v) is 2.37. The average molecular weight is 229 g/mol. The van der Waals surface area contributed by atoms with E-state index in [4.69, 9.17) is 19.9 Å². The van der Waals surface area contributed by atoms with Gasteiger partial charge in [-0.25, -0.2) is 0 Å². The van der Waals surface area contributed by atoms with Crippen LogP contribution in [0.1, 0.15) is 32.6 Å². The van der Waals surface area contributed by atoms with Gasteiger partial charge in [-0.15, -0.1) is 0 Å². The first-order chi connectivity index (χ1) is 7.81. The molecule has 2 rings (SSSR count). The van der Waals surface area contributed by atoms with E-state index in [1.165, 1.54) is 12.8 Å². The lowest BCUT2D eigenvalue weighted by Crippen LogP contribution is -2.58. The Balaban J connectivity index is 1.65. The summed E-state index contributed by atoms with van der Waals surface area (Å²) in [5.74, 6) is 0. The summed E-state index contributed by atoms with van der Waals surface area (Å²) in [4.78, 5) is 0. The normalized spacial score (nSPS) is 39.4. The molecule has 0 radical (unpaired) electrons. The molecule has 16 heavy (non-hydrogen) atoms. The van der Waals surface area contributed by atoms with E-state index < -0.39 is 0 Å². The predicted octanol–water partition coefficient (Wildman–Crippen LogP) is 1.08. The second-order valence-electron chi connectivity index (χ2n) is 4.68. The molecule has 0 spiro atoms. The molecule has 4 nitrogen and oxygen atoms in total. The molecule has 0 amide bonds. The van der Waals surface area contributed by atoms with Gasteiger partial charge in [-0.05, 0) is 32.6 Å². The minimum absolute atomic E-state index is 0.0913. The van der Waals surface area contributed by atoms with Crippen molar-refractivity contribution in [1.29, 1.82) is 0 Å². The van der Waals surface area contributed by atoms with Gasteiger partial charge in [0.2, 0.25) is 0 Å². The van der Waals surface area contributed by atoms with E-state index in [2.05, 4.69) is 0 Å². The Kier molecular flexibility index (Phi) is 4.58. The summed E-state index contributed by atoms with van der Waals surface area (Å²) in [5.41, 5.74) is 5.87. The Morgan fingerprint density at radius 2 is 2.19 bits per heavy atom. The molecule has 1 heterocycles. The Hall–Kier alpha value is -0.160. The van der Waals surface area contributed by atoms with Gasteiger partial charge < -0.3 is 19.9 Å². The predicted molar refractivity (Wildman–Crippen MR) is 61.3 cm³/mol. The summed E-state index contributed by atoms with van der Waals surface area (Å²) in [6.45, 7) is 4.28. The lowest BCUT2D eigenvalue weighted by Gasteiger charge is -2.42. The second kappa shape index (κ2) is 5.96. The van der Waals surface area contributed by atoms with Gasteiger partial charge >= 0.3 is 0 Å². The molecule has 1 saturated carbocycles. The van der Waals surface area contributed by atoms with Gasteiger partial charge in [-0.3, -0.25) is 0 Å². The summed E-state index contributed by atoms with van der Waals surface area (Å²) >= 11 is 0. The van der Waals surface area contributed by atoms with E-state index in [1.807, 2.05) is 6.92 Å². The van der Waals surface area contributed by atoms with Crippen molar-refractivity contribution in [3.8, 4) is 0 Å². The summed E-state index contributed by atoms with van der Waals surface area (Å²) in [5, 5.41) is 0. The minimum Gasteiger partial charge on any atom is -0.376 e. The summed E-state index contributed by atoms with van der Waals surface area (Å²) in [6, 6.07) is 0.150. The average Bonchev–Trinajstić information content (AvgIpc) is 2.32. The Morgan fingerprint density at radius 3 is 2.81 bits per heavy atom. The second-order valence-corrected chi connectivity index (χ2v) is 4.68. The van der Waals surface area contributed by atoms with E-state index in [1.54, 1.807) is 0 Å². The first-order valence-electron chi connectivity index (χ1n) is 6.41. The van der Waals surface area contributed by atoms with Crippen LogP contribution in [0.4, 0.5) is 0 Å². The van der Waals surface area contributed by atoms with Crippen molar-refractivity contribution in [3.63, 3.8) is 0 Å². The highest BCUT2D eigenvalue weighted by Crippen LogP contribution is 2.26. The lowest BCUT2D eigenvalue weighted by molar-refractivity contribution is -0.157. The van der Waals surface area contributed by atoms with Gasteiger partial charge in [0.05, 0.1) is 24.9 Å². The van der Waals surface area contributed by atoms with Crippen molar-refractivity contribution < 1.29 is 14.2 Å². The van der Waals surface area contributed by atoms with Crippen LogP contribution in [0, 0.1) is 0 Å². The highest BCUT2D eigenvalue weighted by atomic mass is 16.6. The molecule has 0 aromatic rings. The zero-order chi connectivity index (χ0) is 11.4. The van der Waals surface area contributed by atoms with Crippen molar-refractivity contribution in [2.24, 2.45) is 5.73 Å². The zero-order valence-corrected chi connectivity index (χ0v) is 10.1. The standard InChI is InChI=1S/C12H23NO3/c1-2-14-12-10(13)7-11(12)16-8-9-5-3-4-6-15-9/h9-12H,2-8,13H2,1H3. The lowest BCUT2D eigenvalue weighted by atomic mass is 9.86. The third-order valence-electron chi connectivity index (χ3n) is 3.42. The van der Waals surface area contributed by atoms with Crippen LogP contribution in [0.2, 0.25) is 0 Å². The van der Waals surface area contributed by atoms with Crippen molar-refractivity contribution in [2.45, 2.75) is 57.0 Å². The summed E-state index contributed by atoms with van der Waals surface area (Å²) in [6.07, 6.45) is 5.04. The van der Waals surface area contributed by atoms with E-state index >= 15 is 0 Å². The number of ether oxygens (including phenoxy) is 3. The quantitative estimate of drug-likeness (QED) is 0.766. The van der Waals surface area contributed by atoms with E-state index in [0.717, 1.165) is 19.4 Å². The van der Waals surface area contributed by atoms with E-state index in [0.29, 0.717) is 13.2 Å². The highest BCUT2D eigenvalue weighted by molar-refractivity contribution is 4.95. The molecular formula is C12H23NO3. The number of rotatable bonds is 5. The third-order valence-corrected chi connectivity index (χ3v) is 3.42. The molecule has 4 unspecified atom stereocenters. The maximum Gasteiger partial charge on any atom is 0.0988 e. The van der Waals surface area contributed by atoms with Crippen molar-refractivity contribution in [1.82, 2.24) is 0 Å². The van der Waals surface area contributed by atoms with Crippen LogP contribution in [-0.2, 0) is 14.2 Å². The van der Waals surface area contributed by atoms with E-state index in [9.17, 15) is 0 Å². The largest absolute Gasteiger partial charge is 0.376 e. The summed E-state index contributed by atoms with van der Waals surface area (Å²) < 4.78 is 17.0. The van der Waals surface area contributed by atoms with Crippen LogP contribution in [0.3, 0.4) is 0 Å². The Labute approximate surface area is 97.4 Å². The number of hydrogen-bond acceptors (Lipinski definition) is 4. The minimum atomic E-state index is 0.0913. The molecule has 94 valence electrons. The topological polar surface area (TPSA) is 53.7 Å². The molecule has 1 saturated heterocycles. The molecule has 0 bridgehead atoms. The molecule has 1 aliphatic carbocycles. The molecule has 0 aromatic heterocycles. The van der Waals surface area contributed by atoms with Crippen LogP contribution < -0.4 is 5.73 Å². The van der Waals surface area contributed by atoms with Crippen LogP contribution in [0.15, 0.2) is 0 Å². The van der Waals surface area contributed by atoms with Crippen LogP contribution in [0.5, 0.6) is 0 Å². The molecular weight excluding hydrogens is 206 g/mol. The molecule has 2 N–H and O–H groups in total. The monoisotopic (exact) mass is 229 g/mol. The fraction of sp³-hybridized carbons (Fsp3) is 1.00. The molecule has 4 atom stereocenters. The Morgan fingerprint density at radius 1 is 1.31 bits per heavy atom. The molecule has 2 fully saturated rings. The first-order valence-corrected chi connectivity index (χ1v) is 6.41. The van der Waals surface area contributed by atoms with Gasteiger partial charge in [-0.2, -0.15) is 0 Å². The van der Waals surface area contributed by atoms with Crippen molar-refractivity contribution >= 4 is 0 Å². The zero-order valence-electron chi connectivity index (χ0n) is 10.1. The number of hydrogen-bond donors (Lipinski definition) is 1. The summed E-state index contributed by atoms with van der Waals surface area (Å²) in [7, 11) is 0. The van der Waals surface area contributed by atoms with Gasteiger partial charge in [-0.1, -0.05) is 0 Å². The van der Waals surface area contributed by atoms with Crippen LogP contribution >= 0.6 is 0 Å². The maximum atomic E-state index is 5.87. The molecule has 1 aliphatic heterocycles.